The minimum Gasteiger partial charge on any atom is -0.467 e. The van der Waals surface area contributed by atoms with E-state index in [0.29, 0.717) is 12.0 Å². The van der Waals surface area contributed by atoms with Gasteiger partial charge in [-0.25, -0.2) is 4.79 Å². The van der Waals surface area contributed by atoms with Crippen molar-refractivity contribution in [3.05, 3.63) is 29.8 Å². The normalized spacial score (nSPS) is 15.8. The molecule has 26 heavy (non-hydrogen) atoms. The number of hydrogen-bond acceptors (Lipinski definition) is 6. The van der Waals surface area contributed by atoms with Crippen molar-refractivity contribution in [2.45, 2.75) is 31.2 Å². The summed E-state index contributed by atoms with van der Waals surface area (Å²) in [6.45, 7) is 3.72. The molecule has 0 saturated heterocycles. The fraction of sp³-hybridized carbons (Fsp3) is 0.471. The zero-order chi connectivity index (χ0) is 19.5. The van der Waals surface area contributed by atoms with E-state index in [4.69, 9.17) is 4.74 Å². The number of carbonyl (C=O) groups excluding carboxylic acids is 2. The van der Waals surface area contributed by atoms with Crippen LogP contribution in [0, 0.1) is 5.92 Å². The lowest BCUT2D eigenvalue weighted by atomic mass is 10.0. The SMILES string of the molecule is COC(=O)[C@H](CC(C)C)NC(=O)CN(C)C1=NS(=O)(=O)c2ccccc21. The average molecular weight is 381 g/mol. The summed E-state index contributed by atoms with van der Waals surface area (Å²) >= 11 is 0. The van der Waals surface area contributed by atoms with Gasteiger partial charge in [0.25, 0.3) is 10.0 Å². The lowest BCUT2D eigenvalue weighted by Crippen LogP contribution is -2.46. The Hall–Kier alpha value is -2.42. The summed E-state index contributed by atoms with van der Waals surface area (Å²) in [5, 5.41) is 2.64. The first-order valence-electron chi connectivity index (χ1n) is 8.18. The number of methoxy groups -OCH3 is 1. The molecular weight excluding hydrogens is 358 g/mol. The van der Waals surface area contributed by atoms with Crippen molar-refractivity contribution in [3.63, 3.8) is 0 Å². The second kappa shape index (κ2) is 7.86. The lowest BCUT2D eigenvalue weighted by Gasteiger charge is -2.22. The third-order valence-electron chi connectivity index (χ3n) is 3.88. The van der Waals surface area contributed by atoms with Gasteiger partial charge in [0.1, 0.15) is 10.9 Å². The molecule has 9 heteroatoms. The van der Waals surface area contributed by atoms with E-state index in [1.165, 1.54) is 18.1 Å². The predicted molar refractivity (Wildman–Crippen MR) is 96.2 cm³/mol. The largest absolute Gasteiger partial charge is 0.467 e. The Kier molecular flexibility index (Phi) is 6.01. The highest BCUT2D eigenvalue weighted by Gasteiger charge is 2.31. The van der Waals surface area contributed by atoms with E-state index in [0.717, 1.165) is 0 Å². The zero-order valence-electron chi connectivity index (χ0n) is 15.2. The molecule has 1 atom stereocenters. The predicted octanol–water partition coefficient (Wildman–Crippen LogP) is 0.771. The van der Waals surface area contributed by atoms with Crippen molar-refractivity contribution in [2.75, 3.05) is 20.7 Å². The van der Waals surface area contributed by atoms with Crippen molar-refractivity contribution >= 4 is 27.7 Å². The van der Waals surface area contributed by atoms with Crippen molar-refractivity contribution in [1.29, 1.82) is 0 Å². The maximum Gasteiger partial charge on any atom is 0.328 e. The fourth-order valence-corrected chi connectivity index (χ4v) is 3.97. The van der Waals surface area contributed by atoms with Crippen LogP contribution in [0.15, 0.2) is 33.6 Å². The van der Waals surface area contributed by atoms with Crippen LogP contribution in [0.25, 0.3) is 0 Å². The van der Waals surface area contributed by atoms with Crippen LogP contribution in [0.1, 0.15) is 25.8 Å². The highest BCUT2D eigenvalue weighted by atomic mass is 32.2. The number of nitrogens with zero attached hydrogens (tertiary/aromatic N) is 2. The Labute approximate surface area is 153 Å². The van der Waals surface area contributed by atoms with Crippen molar-refractivity contribution in [2.24, 2.45) is 10.3 Å². The van der Waals surface area contributed by atoms with Crippen LogP contribution in [0.5, 0.6) is 0 Å². The molecule has 8 nitrogen and oxygen atoms in total. The minimum atomic E-state index is -3.75. The summed E-state index contributed by atoms with van der Waals surface area (Å²) < 4.78 is 32.7. The quantitative estimate of drug-likeness (QED) is 0.730. The second-order valence-corrected chi connectivity index (χ2v) is 8.09. The van der Waals surface area contributed by atoms with Gasteiger partial charge in [0.15, 0.2) is 5.84 Å². The van der Waals surface area contributed by atoms with Gasteiger partial charge < -0.3 is 15.0 Å². The average Bonchev–Trinajstić information content (AvgIpc) is 2.85. The first-order valence-corrected chi connectivity index (χ1v) is 9.62. The van der Waals surface area contributed by atoms with Gasteiger partial charge in [0.05, 0.1) is 13.7 Å². The van der Waals surface area contributed by atoms with Crippen molar-refractivity contribution < 1.29 is 22.7 Å². The van der Waals surface area contributed by atoms with Gasteiger partial charge in [-0.2, -0.15) is 8.42 Å². The number of nitrogens with one attached hydrogen (secondary N) is 1. The number of ether oxygens (including phenoxy) is 1. The lowest BCUT2D eigenvalue weighted by molar-refractivity contribution is -0.145. The zero-order valence-corrected chi connectivity index (χ0v) is 16.0. The number of amides is 1. The summed E-state index contributed by atoms with van der Waals surface area (Å²) in [7, 11) is -0.910. The third kappa shape index (κ3) is 4.40. The van der Waals surface area contributed by atoms with E-state index in [-0.39, 0.29) is 23.2 Å². The van der Waals surface area contributed by atoms with Gasteiger partial charge >= 0.3 is 5.97 Å². The Morgan fingerprint density at radius 2 is 1.92 bits per heavy atom. The van der Waals surface area contributed by atoms with Crippen molar-refractivity contribution in [3.8, 4) is 0 Å². The molecule has 0 aliphatic carbocycles. The van der Waals surface area contributed by atoms with E-state index in [9.17, 15) is 18.0 Å². The Morgan fingerprint density at radius 1 is 1.27 bits per heavy atom. The molecule has 1 aliphatic heterocycles. The Bertz CT molecular complexity index is 833. The third-order valence-corrected chi connectivity index (χ3v) is 5.21. The second-order valence-electron chi connectivity index (χ2n) is 6.51. The number of fused-ring (bicyclic) bond motifs is 1. The number of carbonyl (C=O) groups is 2. The molecule has 1 N–H and O–H groups in total. The van der Waals surface area contributed by atoms with Gasteiger partial charge in [-0.3, -0.25) is 4.79 Å². The molecule has 0 saturated carbocycles. The van der Waals surface area contributed by atoms with Crippen LogP contribution in [0.4, 0.5) is 0 Å². The summed E-state index contributed by atoms with van der Waals surface area (Å²) in [6.07, 6.45) is 0.445. The molecule has 1 heterocycles. The first kappa shape index (κ1) is 19.9. The number of likely N-dealkylation sites (N-methyl/N-ethyl adjacent to an activating group) is 1. The number of hydrogen-bond donors (Lipinski definition) is 1. The highest BCUT2D eigenvalue weighted by Crippen LogP contribution is 2.26. The van der Waals surface area contributed by atoms with Crippen LogP contribution in [0.2, 0.25) is 0 Å². The smallest absolute Gasteiger partial charge is 0.328 e. The maximum atomic E-state index is 12.3. The van der Waals surface area contributed by atoms with Gasteiger partial charge in [0.2, 0.25) is 5.91 Å². The van der Waals surface area contributed by atoms with Gasteiger partial charge in [-0.15, -0.1) is 4.40 Å². The maximum absolute atomic E-state index is 12.3. The molecule has 2 rings (SSSR count). The van der Waals surface area contributed by atoms with Gasteiger partial charge in [-0.05, 0) is 24.5 Å². The molecule has 1 aliphatic rings. The summed E-state index contributed by atoms with van der Waals surface area (Å²) in [6, 6.07) is 5.70. The molecule has 0 unspecified atom stereocenters. The van der Waals surface area contributed by atoms with Crippen LogP contribution in [-0.4, -0.2) is 57.8 Å². The number of esters is 1. The number of amidine groups is 1. The molecular formula is C17H23N3O5S. The van der Waals surface area contributed by atoms with E-state index >= 15 is 0 Å². The monoisotopic (exact) mass is 381 g/mol. The van der Waals surface area contributed by atoms with E-state index in [1.807, 2.05) is 13.8 Å². The molecule has 0 radical (unpaired) electrons. The van der Waals surface area contributed by atoms with E-state index < -0.39 is 27.9 Å². The topological polar surface area (TPSA) is 105 Å². The number of rotatable bonds is 6. The van der Waals surface area contributed by atoms with Crippen molar-refractivity contribution in [1.82, 2.24) is 10.2 Å². The molecule has 1 amide bonds. The summed E-state index contributed by atoms with van der Waals surface area (Å²) in [5.74, 6) is -0.545. The Balaban J connectivity index is 2.11. The van der Waals surface area contributed by atoms with Crippen LogP contribution < -0.4 is 5.32 Å². The van der Waals surface area contributed by atoms with E-state index in [2.05, 4.69) is 9.71 Å². The van der Waals surface area contributed by atoms with Gasteiger partial charge in [0, 0.05) is 12.6 Å². The van der Waals surface area contributed by atoms with Crippen LogP contribution in [-0.2, 0) is 24.3 Å². The molecule has 0 bridgehead atoms. The van der Waals surface area contributed by atoms with Gasteiger partial charge in [-0.1, -0.05) is 26.0 Å². The number of sulfonamides is 1. The minimum absolute atomic E-state index is 0.120. The summed E-state index contributed by atoms with van der Waals surface area (Å²) in [4.78, 5) is 25.7. The van der Waals surface area contributed by atoms with Crippen LogP contribution in [0.3, 0.4) is 0 Å². The molecule has 142 valence electrons. The molecule has 1 aromatic carbocycles. The molecule has 0 fully saturated rings. The first-order chi connectivity index (χ1) is 12.2. The fourth-order valence-electron chi connectivity index (χ4n) is 2.72. The van der Waals surface area contributed by atoms with Crippen LogP contribution >= 0.6 is 0 Å². The number of benzene rings is 1. The molecule has 1 aromatic rings. The summed E-state index contributed by atoms with van der Waals surface area (Å²) in [5.41, 5.74) is 0.453. The molecule has 0 spiro atoms. The highest BCUT2D eigenvalue weighted by molar-refractivity contribution is 7.90. The Morgan fingerprint density at radius 3 is 2.54 bits per heavy atom. The molecule has 0 aromatic heterocycles. The van der Waals surface area contributed by atoms with E-state index in [1.54, 1.807) is 25.2 Å². The standard InChI is InChI=1S/C17H23N3O5S/c1-11(2)9-13(17(22)25-4)18-15(21)10-20(3)16-12-7-5-6-8-14(12)26(23,24)19-16/h5-8,11,13H,9-10H2,1-4H3,(H,18,21)/t13-/m0/s1.